The molecular formula is C15H28N2. The predicted octanol–water partition coefficient (Wildman–Crippen LogP) is 2.77. The smallest absolute Gasteiger partial charge is 0.0362 e. The van der Waals surface area contributed by atoms with E-state index in [4.69, 9.17) is 5.73 Å². The highest BCUT2D eigenvalue weighted by Crippen LogP contribution is 2.48. The van der Waals surface area contributed by atoms with Gasteiger partial charge in [0.05, 0.1) is 0 Å². The van der Waals surface area contributed by atoms with Crippen LogP contribution in [0.4, 0.5) is 0 Å². The number of nitrogens with zero attached hydrogens (tertiary/aromatic N) is 1. The van der Waals surface area contributed by atoms with Crippen molar-refractivity contribution < 1.29 is 0 Å². The Morgan fingerprint density at radius 3 is 2.47 bits per heavy atom. The van der Waals surface area contributed by atoms with Crippen LogP contribution in [0, 0.1) is 11.8 Å². The molecule has 2 N–H and O–H groups in total. The maximum absolute atomic E-state index is 6.26. The molecule has 3 aliphatic carbocycles. The molecular weight excluding hydrogens is 208 g/mol. The van der Waals surface area contributed by atoms with Gasteiger partial charge in [-0.05, 0) is 50.4 Å². The summed E-state index contributed by atoms with van der Waals surface area (Å²) in [4.78, 5) is 2.88. The van der Waals surface area contributed by atoms with E-state index in [1.54, 1.807) is 0 Å². The molecule has 0 bridgehead atoms. The van der Waals surface area contributed by atoms with Crippen LogP contribution in [0.2, 0.25) is 0 Å². The third kappa shape index (κ3) is 2.15. The second kappa shape index (κ2) is 4.55. The van der Waals surface area contributed by atoms with Gasteiger partial charge < -0.3 is 5.73 Å². The van der Waals surface area contributed by atoms with Crippen molar-refractivity contribution in [2.24, 2.45) is 17.6 Å². The average Bonchev–Trinajstić information content (AvgIpc) is 3.24. The van der Waals surface area contributed by atoms with E-state index < -0.39 is 0 Å². The molecule has 2 heteroatoms. The molecule has 2 atom stereocenters. The first-order valence-electron chi connectivity index (χ1n) is 7.77. The summed E-state index contributed by atoms with van der Waals surface area (Å²) in [6.07, 6.45) is 11.3. The van der Waals surface area contributed by atoms with E-state index in [2.05, 4.69) is 11.8 Å². The molecule has 0 heterocycles. The summed E-state index contributed by atoms with van der Waals surface area (Å²) in [6, 6.07) is 0.895. The molecule has 0 aliphatic heterocycles. The van der Waals surface area contributed by atoms with Gasteiger partial charge in [0.1, 0.15) is 0 Å². The van der Waals surface area contributed by atoms with Gasteiger partial charge in [-0.3, -0.25) is 4.90 Å². The third-order valence-electron chi connectivity index (χ3n) is 5.48. The molecule has 3 aliphatic rings. The largest absolute Gasteiger partial charge is 0.329 e. The van der Waals surface area contributed by atoms with Gasteiger partial charge in [0.15, 0.2) is 0 Å². The molecule has 0 aromatic heterocycles. The molecule has 17 heavy (non-hydrogen) atoms. The highest BCUT2D eigenvalue weighted by molar-refractivity contribution is 5.06. The molecule has 98 valence electrons. The number of rotatable bonds is 6. The maximum atomic E-state index is 6.26. The molecule has 0 spiro atoms. The summed E-state index contributed by atoms with van der Waals surface area (Å²) < 4.78 is 0. The van der Waals surface area contributed by atoms with E-state index in [1.807, 2.05) is 0 Å². The van der Waals surface area contributed by atoms with Crippen LogP contribution in [0.25, 0.3) is 0 Å². The van der Waals surface area contributed by atoms with E-state index in [9.17, 15) is 0 Å². The first-order valence-corrected chi connectivity index (χ1v) is 7.77. The second-order valence-electron chi connectivity index (χ2n) is 6.63. The topological polar surface area (TPSA) is 29.3 Å². The Bertz CT molecular complexity index is 270. The molecule has 0 aromatic carbocycles. The number of hydrogen-bond acceptors (Lipinski definition) is 2. The Labute approximate surface area is 106 Å². The van der Waals surface area contributed by atoms with Crippen LogP contribution in [0.5, 0.6) is 0 Å². The van der Waals surface area contributed by atoms with Crippen LogP contribution in [-0.4, -0.2) is 29.6 Å². The van der Waals surface area contributed by atoms with Gasteiger partial charge in [0.2, 0.25) is 0 Å². The Balaban J connectivity index is 1.79. The molecule has 3 fully saturated rings. The van der Waals surface area contributed by atoms with E-state index in [-0.39, 0.29) is 0 Å². The summed E-state index contributed by atoms with van der Waals surface area (Å²) in [5.74, 6) is 1.88. The lowest BCUT2D eigenvalue weighted by atomic mass is 9.83. The first kappa shape index (κ1) is 12.0. The van der Waals surface area contributed by atoms with E-state index in [0.29, 0.717) is 5.54 Å². The highest BCUT2D eigenvalue weighted by atomic mass is 15.3. The van der Waals surface area contributed by atoms with Crippen molar-refractivity contribution in [2.45, 2.75) is 69.9 Å². The predicted molar refractivity (Wildman–Crippen MR) is 71.9 cm³/mol. The minimum Gasteiger partial charge on any atom is -0.329 e. The Morgan fingerprint density at radius 2 is 1.94 bits per heavy atom. The first-order chi connectivity index (χ1) is 8.30. The van der Waals surface area contributed by atoms with Crippen molar-refractivity contribution in [1.82, 2.24) is 4.90 Å². The summed E-state index contributed by atoms with van der Waals surface area (Å²) in [7, 11) is 0. The zero-order chi connectivity index (χ0) is 11.9. The number of hydrogen-bond donors (Lipinski definition) is 1. The van der Waals surface area contributed by atoms with Gasteiger partial charge in [-0.1, -0.05) is 19.8 Å². The maximum Gasteiger partial charge on any atom is 0.0362 e. The fraction of sp³-hybridized carbons (Fsp3) is 1.00. The van der Waals surface area contributed by atoms with Gasteiger partial charge in [0.25, 0.3) is 0 Å². The summed E-state index contributed by atoms with van der Waals surface area (Å²) in [6.45, 7) is 4.62. The fourth-order valence-corrected chi connectivity index (χ4v) is 4.13. The van der Waals surface area contributed by atoms with Gasteiger partial charge in [-0.15, -0.1) is 0 Å². The van der Waals surface area contributed by atoms with Gasteiger partial charge in [-0.25, -0.2) is 0 Å². The van der Waals surface area contributed by atoms with E-state index in [0.717, 1.165) is 24.4 Å². The van der Waals surface area contributed by atoms with Crippen molar-refractivity contribution in [3.63, 3.8) is 0 Å². The standard InChI is InChI=1S/C15H28N2/c1-2-13-4-3-9-15(13,11-16)17(14-7-8-14)10-12-5-6-12/h12-14H,2-11,16H2,1H3. The zero-order valence-corrected chi connectivity index (χ0v) is 11.3. The van der Waals surface area contributed by atoms with Crippen LogP contribution in [0.3, 0.4) is 0 Å². The van der Waals surface area contributed by atoms with Crippen molar-refractivity contribution in [3.8, 4) is 0 Å². The van der Waals surface area contributed by atoms with Crippen LogP contribution in [0.15, 0.2) is 0 Å². The molecule has 3 rings (SSSR count). The minimum absolute atomic E-state index is 0.387. The monoisotopic (exact) mass is 236 g/mol. The Kier molecular flexibility index (Phi) is 3.20. The lowest BCUT2D eigenvalue weighted by Crippen LogP contribution is -2.57. The molecule has 0 aromatic rings. The molecule has 3 saturated carbocycles. The highest BCUT2D eigenvalue weighted by Gasteiger charge is 2.50. The van der Waals surface area contributed by atoms with Gasteiger partial charge in [-0.2, -0.15) is 0 Å². The molecule has 2 unspecified atom stereocenters. The van der Waals surface area contributed by atoms with Crippen molar-refractivity contribution in [1.29, 1.82) is 0 Å². The molecule has 2 nitrogen and oxygen atoms in total. The van der Waals surface area contributed by atoms with Crippen molar-refractivity contribution in [2.75, 3.05) is 13.1 Å². The van der Waals surface area contributed by atoms with Gasteiger partial charge >= 0.3 is 0 Å². The quantitative estimate of drug-likeness (QED) is 0.768. The summed E-state index contributed by atoms with van der Waals surface area (Å²) in [5, 5.41) is 0. The Morgan fingerprint density at radius 1 is 1.18 bits per heavy atom. The minimum atomic E-state index is 0.387. The normalized spacial score (nSPS) is 37.9. The summed E-state index contributed by atoms with van der Waals surface area (Å²) >= 11 is 0. The molecule has 0 radical (unpaired) electrons. The Hall–Kier alpha value is -0.0800. The fourth-order valence-electron chi connectivity index (χ4n) is 4.13. The zero-order valence-electron chi connectivity index (χ0n) is 11.3. The van der Waals surface area contributed by atoms with Crippen LogP contribution < -0.4 is 5.73 Å². The summed E-state index contributed by atoms with van der Waals surface area (Å²) in [5.41, 5.74) is 6.64. The lowest BCUT2D eigenvalue weighted by Gasteiger charge is -2.45. The average molecular weight is 236 g/mol. The number of nitrogens with two attached hydrogens (primary N) is 1. The lowest BCUT2D eigenvalue weighted by molar-refractivity contribution is 0.0430. The van der Waals surface area contributed by atoms with Crippen LogP contribution >= 0.6 is 0 Å². The van der Waals surface area contributed by atoms with Crippen LogP contribution in [-0.2, 0) is 0 Å². The molecule has 0 amide bonds. The molecule has 0 saturated heterocycles. The van der Waals surface area contributed by atoms with E-state index >= 15 is 0 Å². The van der Waals surface area contributed by atoms with Crippen LogP contribution in [0.1, 0.15) is 58.3 Å². The van der Waals surface area contributed by atoms with Crippen molar-refractivity contribution in [3.05, 3.63) is 0 Å². The van der Waals surface area contributed by atoms with E-state index in [1.165, 1.54) is 57.9 Å². The third-order valence-corrected chi connectivity index (χ3v) is 5.48. The van der Waals surface area contributed by atoms with Gasteiger partial charge in [0, 0.05) is 24.7 Å². The second-order valence-corrected chi connectivity index (χ2v) is 6.63. The SMILES string of the molecule is CCC1CCCC1(CN)N(CC1CC1)C1CC1. The van der Waals surface area contributed by atoms with Crippen molar-refractivity contribution >= 4 is 0 Å².